The average molecular weight is 311 g/mol. The van der Waals surface area contributed by atoms with E-state index in [4.69, 9.17) is 0 Å². The largest absolute Gasteiger partial charge is 0.326 e. The van der Waals surface area contributed by atoms with Crippen molar-refractivity contribution in [3.05, 3.63) is 24.3 Å². The Hall–Kier alpha value is -1.44. The van der Waals surface area contributed by atoms with Crippen LogP contribution in [0, 0.1) is 0 Å². The van der Waals surface area contributed by atoms with E-state index >= 15 is 0 Å². The highest BCUT2D eigenvalue weighted by Gasteiger charge is 2.34. The van der Waals surface area contributed by atoms with Gasteiger partial charge < -0.3 is 10.6 Å². The van der Waals surface area contributed by atoms with Gasteiger partial charge in [-0.3, -0.25) is 4.79 Å². The molecule has 0 aromatic heterocycles. The summed E-state index contributed by atoms with van der Waals surface area (Å²) in [7, 11) is -3.49. The Labute approximate surface area is 125 Å². The number of carbonyl (C=O) groups is 1. The molecule has 1 amide bonds. The van der Waals surface area contributed by atoms with Crippen molar-refractivity contribution in [1.82, 2.24) is 9.62 Å². The highest BCUT2D eigenvalue weighted by molar-refractivity contribution is 7.89. The van der Waals surface area contributed by atoms with Crippen molar-refractivity contribution in [2.24, 2.45) is 0 Å². The van der Waals surface area contributed by atoms with E-state index in [9.17, 15) is 13.2 Å². The van der Waals surface area contributed by atoms with E-state index in [1.807, 2.05) is 6.92 Å². The van der Waals surface area contributed by atoms with Crippen LogP contribution in [0.4, 0.5) is 5.69 Å². The third-order valence-electron chi connectivity index (χ3n) is 3.39. The monoisotopic (exact) mass is 311 g/mol. The standard InChI is InChI=1S/C14H21N3O3S/c1-3-8-17(13-9-15-10-13)21(19,20)14-6-4-12(5-7-14)16-11(2)18/h4-7,13,15H,3,8-10H2,1-2H3,(H,16,18). The summed E-state index contributed by atoms with van der Waals surface area (Å²) in [5.41, 5.74) is 0.591. The zero-order valence-electron chi connectivity index (χ0n) is 12.3. The number of amides is 1. The lowest BCUT2D eigenvalue weighted by Crippen LogP contribution is -2.58. The predicted octanol–water partition coefficient (Wildman–Crippen LogP) is 1.02. The van der Waals surface area contributed by atoms with Crippen molar-refractivity contribution >= 4 is 21.6 Å². The molecule has 1 saturated heterocycles. The fourth-order valence-corrected chi connectivity index (χ4v) is 3.96. The molecule has 0 unspecified atom stereocenters. The van der Waals surface area contributed by atoms with Crippen LogP contribution >= 0.6 is 0 Å². The van der Waals surface area contributed by atoms with Crippen molar-refractivity contribution < 1.29 is 13.2 Å². The Kier molecular flexibility index (Phi) is 4.97. The van der Waals surface area contributed by atoms with Crippen LogP contribution in [0.3, 0.4) is 0 Å². The van der Waals surface area contributed by atoms with Crippen LogP contribution in [0.2, 0.25) is 0 Å². The van der Waals surface area contributed by atoms with E-state index in [1.165, 1.54) is 19.1 Å². The lowest BCUT2D eigenvalue weighted by Gasteiger charge is -2.37. The molecule has 0 aliphatic carbocycles. The normalized spacial score (nSPS) is 15.8. The third-order valence-corrected chi connectivity index (χ3v) is 5.36. The van der Waals surface area contributed by atoms with Gasteiger partial charge in [0, 0.05) is 32.2 Å². The van der Waals surface area contributed by atoms with Crippen LogP contribution in [-0.2, 0) is 14.8 Å². The summed E-state index contributed by atoms with van der Waals surface area (Å²) < 4.78 is 27.0. The molecule has 21 heavy (non-hydrogen) atoms. The Morgan fingerprint density at radius 2 is 1.95 bits per heavy atom. The van der Waals surface area contributed by atoms with Crippen molar-refractivity contribution in [1.29, 1.82) is 0 Å². The summed E-state index contributed by atoms with van der Waals surface area (Å²) in [4.78, 5) is 11.2. The molecule has 0 atom stereocenters. The summed E-state index contributed by atoms with van der Waals surface area (Å²) >= 11 is 0. The number of sulfonamides is 1. The van der Waals surface area contributed by atoms with Gasteiger partial charge in [0.25, 0.3) is 0 Å². The summed E-state index contributed by atoms with van der Waals surface area (Å²) in [5.74, 6) is -0.182. The van der Waals surface area contributed by atoms with Crippen LogP contribution in [0.1, 0.15) is 20.3 Å². The highest BCUT2D eigenvalue weighted by Crippen LogP contribution is 2.22. The molecular weight excluding hydrogens is 290 g/mol. The first-order valence-electron chi connectivity index (χ1n) is 7.05. The van der Waals surface area contributed by atoms with Gasteiger partial charge in [-0.2, -0.15) is 4.31 Å². The molecule has 7 heteroatoms. The van der Waals surface area contributed by atoms with Gasteiger partial charge in [0.2, 0.25) is 15.9 Å². The van der Waals surface area contributed by atoms with Crippen molar-refractivity contribution in [2.45, 2.75) is 31.2 Å². The van der Waals surface area contributed by atoms with Crippen LogP contribution in [0.15, 0.2) is 29.2 Å². The Balaban J connectivity index is 2.22. The number of rotatable bonds is 6. The second-order valence-corrected chi connectivity index (χ2v) is 7.02. The summed E-state index contributed by atoms with van der Waals surface area (Å²) in [6.45, 7) is 5.29. The van der Waals surface area contributed by atoms with Gasteiger partial charge in [-0.05, 0) is 30.7 Å². The van der Waals surface area contributed by atoms with E-state index in [0.29, 0.717) is 25.3 Å². The first-order chi connectivity index (χ1) is 9.95. The van der Waals surface area contributed by atoms with Gasteiger partial charge in [-0.1, -0.05) is 6.92 Å². The summed E-state index contributed by atoms with van der Waals surface area (Å²) in [6.07, 6.45) is 0.777. The van der Waals surface area contributed by atoms with Crippen molar-refractivity contribution in [2.75, 3.05) is 25.0 Å². The molecular formula is C14H21N3O3S. The minimum absolute atomic E-state index is 0.0324. The molecule has 0 radical (unpaired) electrons. The highest BCUT2D eigenvalue weighted by atomic mass is 32.2. The van der Waals surface area contributed by atoms with Crippen LogP contribution < -0.4 is 10.6 Å². The Morgan fingerprint density at radius 3 is 2.38 bits per heavy atom. The molecule has 2 N–H and O–H groups in total. The maximum Gasteiger partial charge on any atom is 0.243 e. The summed E-state index contributed by atoms with van der Waals surface area (Å²) in [5, 5.41) is 5.73. The molecule has 0 saturated carbocycles. The fraction of sp³-hybridized carbons (Fsp3) is 0.500. The minimum atomic E-state index is -3.49. The van der Waals surface area contributed by atoms with Crippen LogP contribution in [-0.4, -0.2) is 44.3 Å². The number of hydrogen-bond acceptors (Lipinski definition) is 4. The number of anilines is 1. The number of nitrogens with zero attached hydrogens (tertiary/aromatic N) is 1. The SMILES string of the molecule is CCCN(C1CNC1)S(=O)(=O)c1ccc(NC(C)=O)cc1. The molecule has 1 fully saturated rings. The zero-order chi connectivity index (χ0) is 15.5. The van der Waals surface area contributed by atoms with E-state index < -0.39 is 10.0 Å². The van der Waals surface area contributed by atoms with Crippen LogP contribution in [0.5, 0.6) is 0 Å². The molecule has 116 valence electrons. The second-order valence-electron chi connectivity index (χ2n) is 5.13. The average Bonchev–Trinajstić information content (AvgIpc) is 2.36. The van der Waals surface area contributed by atoms with Crippen LogP contribution in [0.25, 0.3) is 0 Å². The maximum absolute atomic E-state index is 12.7. The smallest absolute Gasteiger partial charge is 0.243 e. The molecule has 1 aliphatic heterocycles. The second kappa shape index (κ2) is 6.55. The van der Waals surface area contributed by atoms with E-state index in [2.05, 4.69) is 10.6 Å². The third kappa shape index (κ3) is 3.61. The van der Waals surface area contributed by atoms with E-state index in [-0.39, 0.29) is 16.8 Å². The molecule has 0 bridgehead atoms. The first kappa shape index (κ1) is 15.9. The molecule has 1 aliphatic rings. The number of carbonyl (C=O) groups excluding carboxylic acids is 1. The van der Waals surface area contributed by atoms with E-state index in [1.54, 1.807) is 16.4 Å². The summed E-state index contributed by atoms with van der Waals surface area (Å²) in [6, 6.07) is 6.32. The van der Waals surface area contributed by atoms with Gasteiger partial charge in [-0.15, -0.1) is 0 Å². The Bertz CT molecular complexity index is 594. The predicted molar refractivity (Wildman–Crippen MR) is 81.6 cm³/mol. The quantitative estimate of drug-likeness (QED) is 0.822. The molecule has 6 nitrogen and oxygen atoms in total. The van der Waals surface area contributed by atoms with Gasteiger partial charge in [0.05, 0.1) is 10.9 Å². The van der Waals surface area contributed by atoms with Crippen molar-refractivity contribution in [3.63, 3.8) is 0 Å². The number of nitrogens with one attached hydrogen (secondary N) is 2. The van der Waals surface area contributed by atoms with E-state index in [0.717, 1.165) is 6.42 Å². The van der Waals surface area contributed by atoms with Gasteiger partial charge in [0.15, 0.2) is 0 Å². The van der Waals surface area contributed by atoms with Gasteiger partial charge in [-0.25, -0.2) is 8.42 Å². The topological polar surface area (TPSA) is 78.5 Å². The number of benzene rings is 1. The molecule has 1 aromatic carbocycles. The molecule has 1 aromatic rings. The lowest BCUT2D eigenvalue weighted by molar-refractivity contribution is -0.114. The lowest BCUT2D eigenvalue weighted by atomic mass is 10.2. The van der Waals surface area contributed by atoms with Gasteiger partial charge in [0.1, 0.15) is 0 Å². The van der Waals surface area contributed by atoms with Crippen molar-refractivity contribution in [3.8, 4) is 0 Å². The Morgan fingerprint density at radius 1 is 1.33 bits per heavy atom. The fourth-order valence-electron chi connectivity index (χ4n) is 2.25. The maximum atomic E-state index is 12.7. The van der Waals surface area contributed by atoms with Gasteiger partial charge >= 0.3 is 0 Å². The first-order valence-corrected chi connectivity index (χ1v) is 8.49. The molecule has 0 spiro atoms. The minimum Gasteiger partial charge on any atom is -0.326 e. The molecule has 2 rings (SSSR count). The number of hydrogen-bond donors (Lipinski definition) is 2. The molecule has 1 heterocycles. The zero-order valence-corrected chi connectivity index (χ0v) is 13.1.